The number of rotatable bonds is 9. The quantitative estimate of drug-likeness (QED) is 0.489. The summed E-state index contributed by atoms with van der Waals surface area (Å²) in [5.41, 5.74) is 2.17. The van der Waals surface area contributed by atoms with E-state index in [1.165, 1.54) is 7.11 Å². The van der Waals surface area contributed by atoms with Crippen LogP contribution in [0.5, 0.6) is 5.75 Å². The number of methoxy groups -OCH3 is 1. The summed E-state index contributed by atoms with van der Waals surface area (Å²) in [6.45, 7) is 2.24. The number of amides is 1. The second kappa shape index (κ2) is 9.90. The van der Waals surface area contributed by atoms with Crippen LogP contribution in [0, 0.1) is 0 Å². The molecule has 0 aromatic heterocycles. The third-order valence-electron chi connectivity index (χ3n) is 4.51. The molecule has 0 radical (unpaired) electrons. The van der Waals surface area contributed by atoms with Gasteiger partial charge >= 0.3 is 5.97 Å². The van der Waals surface area contributed by atoms with Gasteiger partial charge in [-0.1, -0.05) is 30.3 Å². The molecule has 1 fully saturated rings. The lowest BCUT2D eigenvalue weighted by Crippen LogP contribution is -2.24. The molecule has 0 atom stereocenters. The normalized spacial score (nSPS) is 13.6. The van der Waals surface area contributed by atoms with Crippen molar-refractivity contribution in [1.82, 2.24) is 0 Å². The van der Waals surface area contributed by atoms with E-state index in [1.54, 1.807) is 23.1 Å². The average Bonchev–Trinajstić information content (AvgIpc) is 3.16. The maximum Gasteiger partial charge on any atom is 0.338 e. The van der Waals surface area contributed by atoms with Crippen LogP contribution in [-0.4, -0.2) is 38.7 Å². The molecule has 2 aromatic carbocycles. The molecule has 148 valence electrons. The van der Waals surface area contributed by atoms with Gasteiger partial charge in [-0.15, -0.1) is 0 Å². The summed E-state index contributed by atoms with van der Waals surface area (Å²) in [6.07, 6.45) is 2.06. The molecule has 1 saturated heterocycles. The molecule has 0 aliphatic carbocycles. The Balaban J connectivity index is 1.54. The Morgan fingerprint density at radius 1 is 1.11 bits per heavy atom. The van der Waals surface area contributed by atoms with E-state index in [2.05, 4.69) is 0 Å². The third kappa shape index (κ3) is 5.33. The Labute approximate surface area is 165 Å². The van der Waals surface area contributed by atoms with E-state index < -0.39 is 5.97 Å². The van der Waals surface area contributed by atoms with Gasteiger partial charge < -0.3 is 19.1 Å². The molecule has 0 spiro atoms. The van der Waals surface area contributed by atoms with Gasteiger partial charge in [0.1, 0.15) is 5.75 Å². The highest BCUT2D eigenvalue weighted by Crippen LogP contribution is 2.28. The van der Waals surface area contributed by atoms with Crippen LogP contribution in [0.2, 0.25) is 0 Å². The van der Waals surface area contributed by atoms with Crippen LogP contribution in [0.1, 0.15) is 35.2 Å². The zero-order valence-corrected chi connectivity index (χ0v) is 16.1. The summed E-state index contributed by atoms with van der Waals surface area (Å²) in [4.78, 5) is 25.7. The van der Waals surface area contributed by atoms with Crippen LogP contribution >= 0.6 is 0 Å². The molecule has 0 saturated carbocycles. The van der Waals surface area contributed by atoms with Crippen LogP contribution in [0.25, 0.3) is 0 Å². The molecule has 6 heteroatoms. The lowest BCUT2D eigenvalue weighted by Gasteiger charge is -2.18. The first kappa shape index (κ1) is 19.9. The summed E-state index contributed by atoms with van der Waals surface area (Å²) in [5.74, 6) is 0.146. The average molecular weight is 383 g/mol. The van der Waals surface area contributed by atoms with E-state index >= 15 is 0 Å². The van der Waals surface area contributed by atoms with Crippen LogP contribution < -0.4 is 9.64 Å². The number of hydrogen-bond donors (Lipinski definition) is 0. The molecule has 28 heavy (non-hydrogen) atoms. The third-order valence-corrected chi connectivity index (χ3v) is 4.51. The molecular formula is C22H25NO5. The van der Waals surface area contributed by atoms with Crippen LogP contribution in [0.15, 0.2) is 48.5 Å². The summed E-state index contributed by atoms with van der Waals surface area (Å²) < 4.78 is 16.3. The van der Waals surface area contributed by atoms with E-state index in [9.17, 15) is 9.59 Å². The first-order chi connectivity index (χ1) is 13.7. The number of esters is 1. The van der Waals surface area contributed by atoms with Crippen molar-refractivity contribution in [2.24, 2.45) is 0 Å². The van der Waals surface area contributed by atoms with Crippen molar-refractivity contribution in [3.63, 3.8) is 0 Å². The lowest BCUT2D eigenvalue weighted by atomic mass is 10.1. The first-order valence-electron chi connectivity index (χ1n) is 9.45. The fraction of sp³-hybridized carbons (Fsp3) is 0.364. The zero-order chi connectivity index (χ0) is 19.8. The van der Waals surface area contributed by atoms with Crippen LogP contribution in [-0.2, 0) is 20.9 Å². The minimum Gasteiger partial charge on any atom is -0.493 e. The molecule has 1 amide bonds. The predicted octanol–water partition coefficient (Wildman–Crippen LogP) is 3.59. The highest BCUT2D eigenvalue weighted by Gasteiger charge is 2.23. The molecule has 0 N–H and O–H groups in total. The minimum absolute atomic E-state index is 0.0577. The van der Waals surface area contributed by atoms with Crippen molar-refractivity contribution < 1.29 is 23.8 Å². The molecule has 0 bridgehead atoms. The standard InChI is InChI=1S/C22H25NO5/c1-26-22(25)18-13-19(23-10-5-9-21(23)24)15-20(14-18)28-12-6-11-27-16-17-7-3-2-4-8-17/h2-4,7-8,13-15H,5-6,9-12,16H2,1H3. The van der Waals surface area contributed by atoms with Gasteiger partial charge in [-0.25, -0.2) is 4.79 Å². The number of hydrogen-bond acceptors (Lipinski definition) is 5. The fourth-order valence-electron chi connectivity index (χ4n) is 3.09. The van der Waals surface area contributed by atoms with E-state index in [0.29, 0.717) is 56.2 Å². The minimum atomic E-state index is -0.454. The number of ether oxygens (including phenoxy) is 3. The Morgan fingerprint density at radius 2 is 1.93 bits per heavy atom. The second-order valence-corrected chi connectivity index (χ2v) is 6.60. The van der Waals surface area contributed by atoms with Crippen molar-refractivity contribution in [3.05, 3.63) is 59.7 Å². The van der Waals surface area contributed by atoms with Gasteiger partial charge in [-0.3, -0.25) is 4.79 Å². The van der Waals surface area contributed by atoms with Gasteiger partial charge in [0.15, 0.2) is 0 Å². The molecule has 1 aliphatic rings. The van der Waals surface area contributed by atoms with Crippen molar-refractivity contribution in [2.75, 3.05) is 31.8 Å². The number of nitrogens with zero attached hydrogens (tertiary/aromatic N) is 1. The molecule has 0 unspecified atom stereocenters. The Hall–Kier alpha value is -2.86. The zero-order valence-electron chi connectivity index (χ0n) is 16.1. The van der Waals surface area contributed by atoms with Crippen molar-refractivity contribution >= 4 is 17.6 Å². The van der Waals surface area contributed by atoms with Crippen molar-refractivity contribution in [1.29, 1.82) is 0 Å². The molecular weight excluding hydrogens is 358 g/mol. The first-order valence-corrected chi connectivity index (χ1v) is 9.45. The number of carbonyl (C=O) groups is 2. The monoisotopic (exact) mass is 383 g/mol. The number of anilines is 1. The molecule has 3 rings (SSSR count). The van der Waals surface area contributed by atoms with E-state index in [-0.39, 0.29) is 5.91 Å². The van der Waals surface area contributed by atoms with Crippen LogP contribution in [0.3, 0.4) is 0 Å². The Bertz CT molecular complexity index is 806. The van der Waals surface area contributed by atoms with Gasteiger partial charge in [-0.2, -0.15) is 0 Å². The second-order valence-electron chi connectivity index (χ2n) is 6.60. The lowest BCUT2D eigenvalue weighted by molar-refractivity contribution is -0.117. The Morgan fingerprint density at radius 3 is 2.64 bits per heavy atom. The van der Waals surface area contributed by atoms with Gasteiger partial charge in [0.2, 0.25) is 5.91 Å². The summed E-state index contributed by atoms with van der Waals surface area (Å²) >= 11 is 0. The molecule has 2 aromatic rings. The van der Waals surface area contributed by atoms with Gasteiger partial charge in [0.05, 0.1) is 32.5 Å². The van der Waals surface area contributed by atoms with Gasteiger partial charge in [0, 0.05) is 31.1 Å². The summed E-state index contributed by atoms with van der Waals surface area (Å²) in [7, 11) is 1.33. The van der Waals surface area contributed by atoms with E-state index in [1.807, 2.05) is 30.3 Å². The number of benzene rings is 2. The van der Waals surface area contributed by atoms with Gasteiger partial charge in [-0.05, 0) is 24.1 Å². The molecule has 1 aliphatic heterocycles. The van der Waals surface area contributed by atoms with E-state index in [4.69, 9.17) is 14.2 Å². The summed E-state index contributed by atoms with van der Waals surface area (Å²) in [5, 5.41) is 0. The molecule has 1 heterocycles. The van der Waals surface area contributed by atoms with E-state index in [0.717, 1.165) is 12.0 Å². The van der Waals surface area contributed by atoms with Gasteiger partial charge in [0.25, 0.3) is 0 Å². The SMILES string of the molecule is COC(=O)c1cc(OCCCOCc2ccccc2)cc(N2CCCC2=O)c1. The summed E-state index contributed by atoms with van der Waals surface area (Å²) in [6, 6.07) is 15.1. The smallest absolute Gasteiger partial charge is 0.338 e. The van der Waals surface area contributed by atoms with Crippen molar-refractivity contribution in [2.45, 2.75) is 25.9 Å². The maximum atomic E-state index is 12.0. The predicted molar refractivity (Wildman–Crippen MR) is 106 cm³/mol. The number of carbonyl (C=O) groups excluding carboxylic acids is 2. The highest BCUT2D eigenvalue weighted by atomic mass is 16.5. The Kier molecular flexibility index (Phi) is 7.03. The largest absolute Gasteiger partial charge is 0.493 e. The van der Waals surface area contributed by atoms with Crippen LogP contribution in [0.4, 0.5) is 5.69 Å². The molecule has 6 nitrogen and oxygen atoms in total. The highest BCUT2D eigenvalue weighted by molar-refractivity contribution is 5.98. The topological polar surface area (TPSA) is 65.1 Å². The maximum absolute atomic E-state index is 12.0. The fourth-order valence-corrected chi connectivity index (χ4v) is 3.09. The van der Waals surface area contributed by atoms with Crippen molar-refractivity contribution in [3.8, 4) is 5.75 Å².